The van der Waals surface area contributed by atoms with E-state index in [1.807, 2.05) is 0 Å². The van der Waals surface area contributed by atoms with Crippen LogP contribution in [0.2, 0.25) is 0 Å². The van der Waals surface area contributed by atoms with E-state index < -0.39 is 12.5 Å². The van der Waals surface area contributed by atoms with E-state index in [1.54, 1.807) is 18.2 Å². The summed E-state index contributed by atoms with van der Waals surface area (Å²) < 4.78 is 24.5. The van der Waals surface area contributed by atoms with Gasteiger partial charge in [0, 0.05) is 6.42 Å². The van der Waals surface area contributed by atoms with Gasteiger partial charge in [0.1, 0.15) is 4.60 Å². The molecule has 1 aromatic rings. The van der Waals surface area contributed by atoms with Crippen LogP contribution < -0.4 is 5.73 Å². The van der Waals surface area contributed by atoms with Crippen molar-refractivity contribution in [2.24, 2.45) is 5.73 Å². The highest BCUT2D eigenvalue weighted by Crippen LogP contribution is 2.17. The second-order valence-electron chi connectivity index (χ2n) is 2.62. The third kappa shape index (κ3) is 4.30. The summed E-state index contributed by atoms with van der Waals surface area (Å²) >= 11 is 3.14. The third-order valence-electron chi connectivity index (χ3n) is 1.55. The van der Waals surface area contributed by atoms with E-state index in [-0.39, 0.29) is 18.8 Å². The van der Waals surface area contributed by atoms with Gasteiger partial charge in [0.15, 0.2) is 0 Å². The van der Waals surface area contributed by atoms with Crippen molar-refractivity contribution in [3.63, 3.8) is 0 Å². The Morgan fingerprint density at radius 2 is 2.07 bits per heavy atom. The van der Waals surface area contributed by atoms with Crippen molar-refractivity contribution in [2.45, 2.75) is 18.9 Å². The predicted molar refractivity (Wildman–Crippen MR) is 56.7 cm³/mol. The van der Waals surface area contributed by atoms with Crippen LogP contribution in [-0.4, -0.2) is 11.4 Å². The number of nitrogens with zero attached hydrogens (tertiary/aromatic N) is 1. The Kier molecular flexibility index (Phi) is 6.15. The van der Waals surface area contributed by atoms with Crippen molar-refractivity contribution in [2.75, 3.05) is 0 Å². The smallest absolute Gasteiger partial charge is 0.240 e. The first-order chi connectivity index (χ1) is 6.09. The molecule has 1 rings (SSSR count). The van der Waals surface area contributed by atoms with Crippen molar-refractivity contribution >= 4 is 28.3 Å². The summed E-state index contributed by atoms with van der Waals surface area (Å²) in [6.07, 6.45) is -2.75. The summed E-state index contributed by atoms with van der Waals surface area (Å²) in [5, 5.41) is 0. The minimum absolute atomic E-state index is 0. The molecule has 0 unspecified atom stereocenters. The standard InChI is InChI=1S/C8H9BrF2N2.ClH/c9-7-3-1-2-6(13-7)5(12)4-8(10)11;/h1-3,5,8H,4,12H2;1H/t5-;/m1./s1. The van der Waals surface area contributed by atoms with Gasteiger partial charge in [0.05, 0.1) is 11.7 Å². The van der Waals surface area contributed by atoms with E-state index in [9.17, 15) is 8.78 Å². The molecule has 0 aliphatic carbocycles. The molecule has 1 heterocycles. The Bertz CT molecular complexity index is 286. The summed E-state index contributed by atoms with van der Waals surface area (Å²) in [7, 11) is 0. The fraction of sp³-hybridized carbons (Fsp3) is 0.375. The Balaban J connectivity index is 0.00000169. The van der Waals surface area contributed by atoms with Crippen LogP contribution in [0.3, 0.4) is 0 Å². The van der Waals surface area contributed by atoms with Crippen molar-refractivity contribution in [3.8, 4) is 0 Å². The zero-order valence-electron chi connectivity index (χ0n) is 7.16. The molecule has 2 N–H and O–H groups in total. The Hall–Kier alpha value is -0.260. The van der Waals surface area contributed by atoms with Gasteiger partial charge in [-0.2, -0.15) is 0 Å². The summed E-state index contributed by atoms with van der Waals surface area (Å²) in [5.74, 6) is 0. The van der Waals surface area contributed by atoms with Crippen LogP contribution in [0.1, 0.15) is 18.2 Å². The highest BCUT2D eigenvalue weighted by molar-refractivity contribution is 9.10. The molecule has 6 heteroatoms. The normalized spacial score (nSPS) is 12.4. The van der Waals surface area contributed by atoms with Crippen LogP contribution in [0.4, 0.5) is 8.78 Å². The fourth-order valence-electron chi connectivity index (χ4n) is 0.943. The number of hydrogen-bond donors (Lipinski definition) is 1. The molecule has 0 aliphatic heterocycles. The summed E-state index contributed by atoms with van der Waals surface area (Å²) in [4.78, 5) is 3.98. The van der Waals surface area contributed by atoms with Crippen LogP contribution in [0.5, 0.6) is 0 Å². The summed E-state index contributed by atoms with van der Waals surface area (Å²) in [6.45, 7) is 0. The van der Waals surface area contributed by atoms with Gasteiger partial charge in [0.2, 0.25) is 6.43 Å². The monoisotopic (exact) mass is 286 g/mol. The van der Waals surface area contributed by atoms with E-state index in [2.05, 4.69) is 20.9 Å². The van der Waals surface area contributed by atoms with E-state index in [4.69, 9.17) is 5.73 Å². The van der Waals surface area contributed by atoms with Crippen LogP contribution in [0.25, 0.3) is 0 Å². The maximum Gasteiger partial charge on any atom is 0.240 e. The molecule has 0 saturated carbocycles. The van der Waals surface area contributed by atoms with Crippen molar-refractivity contribution < 1.29 is 8.78 Å². The number of halogens is 4. The van der Waals surface area contributed by atoms with Gasteiger partial charge < -0.3 is 5.73 Å². The van der Waals surface area contributed by atoms with Gasteiger partial charge in [0.25, 0.3) is 0 Å². The van der Waals surface area contributed by atoms with Crippen LogP contribution in [0, 0.1) is 0 Å². The average molecular weight is 288 g/mol. The fourth-order valence-corrected chi connectivity index (χ4v) is 1.30. The lowest BCUT2D eigenvalue weighted by Gasteiger charge is -2.09. The van der Waals surface area contributed by atoms with Gasteiger partial charge >= 0.3 is 0 Å². The maximum atomic E-state index is 12.0. The van der Waals surface area contributed by atoms with E-state index >= 15 is 0 Å². The number of pyridine rings is 1. The minimum Gasteiger partial charge on any atom is -0.322 e. The number of alkyl halides is 2. The first-order valence-electron chi connectivity index (χ1n) is 3.76. The molecule has 0 bridgehead atoms. The van der Waals surface area contributed by atoms with Crippen molar-refractivity contribution in [1.82, 2.24) is 4.98 Å². The molecule has 0 spiro atoms. The van der Waals surface area contributed by atoms with Crippen LogP contribution in [0.15, 0.2) is 22.8 Å². The molecule has 0 radical (unpaired) electrons. The molecule has 1 aromatic heterocycles. The van der Waals surface area contributed by atoms with Crippen LogP contribution >= 0.6 is 28.3 Å². The van der Waals surface area contributed by atoms with E-state index in [1.165, 1.54) is 0 Å². The first-order valence-corrected chi connectivity index (χ1v) is 4.55. The quantitative estimate of drug-likeness (QED) is 0.868. The summed E-state index contributed by atoms with van der Waals surface area (Å²) in [5.41, 5.74) is 5.98. The highest BCUT2D eigenvalue weighted by Gasteiger charge is 2.13. The van der Waals surface area contributed by atoms with E-state index in [0.29, 0.717) is 10.3 Å². The maximum absolute atomic E-state index is 12.0. The first kappa shape index (κ1) is 13.7. The lowest BCUT2D eigenvalue weighted by Crippen LogP contribution is -2.15. The minimum atomic E-state index is -2.39. The van der Waals surface area contributed by atoms with Gasteiger partial charge in [-0.05, 0) is 28.1 Å². The molecule has 0 amide bonds. The molecule has 0 aromatic carbocycles. The number of nitrogens with two attached hydrogens (primary N) is 1. The molecule has 2 nitrogen and oxygen atoms in total. The van der Waals surface area contributed by atoms with E-state index in [0.717, 1.165) is 0 Å². The molecular formula is C8H10BrClF2N2. The molecule has 14 heavy (non-hydrogen) atoms. The third-order valence-corrected chi connectivity index (χ3v) is 1.99. The SMILES string of the molecule is Cl.N[C@H](CC(F)F)c1cccc(Br)n1. The largest absolute Gasteiger partial charge is 0.322 e. The molecule has 1 atom stereocenters. The summed E-state index contributed by atoms with van der Waals surface area (Å²) in [6, 6.07) is 4.38. The molecule has 80 valence electrons. The molecular weight excluding hydrogens is 277 g/mol. The number of hydrogen-bond acceptors (Lipinski definition) is 2. The Morgan fingerprint density at radius 1 is 1.43 bits per heavy atom. The molecule has 0 saturated heterocycles. The van der Waals surface area contributed by atoms with Gasteiger partial charge in [-0.1, -0.05) is 6.07 Å². The Morgan fingerprint density at radius 3 is 2.57 bits per heavy atom. The predicted octanol–water partition coefficient (Wildman–Crippen LogP) is 2.92. The van der Waals surface area contributed by atoms with Gasteiger partial charge in [-0.15, -0.1) is 12.4 Å². The molecule has 0 aliphatic rings. The Labute approximate surface area is 95.4 Å². The zero-order chi connectivity index (χ0) is 9.84. The van der Waals surface area contributed by atoms with Crippen molar-refractivity contribution in [3.05, 3.63) is 28.5 Å². The highest BCUT2D eigenvalue weighted by atomic mass is 79.9. The lowest BCUT2D eigenvalue weighted by atomic mass is 10.1. The molecule has 0 fully saturated rings. The average Bonchev–Trinajstić information content (AvgIpc) is 2.03. The lowest BCUT2D eigenvalue weighted by molar-refractivity contribution is 0.128. The number of aromatic nitrogens is 1. The van der Waals surface area contributed by atoms with Crippen LogP contribution in [-0.2, 0) is 0 Å². The van der Waals surface area contributed by atoms with Gasteiger partial charge in [-0.3, -0.25) is 0 Å². The number of rotatable bonds is 3. The van der Waals surface area contributed by atoms with Crippen molar-refractivity contribution in [1.29, 1.82) is 0 Å². The van der Waals surface area contributed by atoms with Gasteiger partial charge in [-0.25, -0.2) is 13.8 Å². The second-order valence-corrected chi connectivity index (χ2v) is 3.43. The second kappa shape index (κ2) is 6.27. The topological polar surface area (TPSA) is 38.9 Å². The zero-order valence-corrected chi connectivity index (χ0v) is 9.56.